The zero-order valence-electron chi connectivity index (χ0n) is 14.0. The average molecular weight is 358 g/mol. The number of nitrogens with one attached hydrogen (secondary N) is 1. The van der Waals surface area contributed by atoms with Gasteiger partial charge in [0.05, 0.1) is 5.69 Å². The summed E-state index contributed by atoms with van der Waals surface area (Å²) in [6.45, 7) is 7.94. The van der Waals surface area contributed by atoms with Gasteiger partial charge in [0.2, 0.25) is 0 Å². The summed E-state index contributed by atoms with van der Waals surface area (Å²) in [5.41, 5.74) is 6.93. The topological polar surface area (TPSA) is 76.7 Å². The number of amides is 1. The number of nitrogens with two attached hydrogens (primary N) is 1. The molecule has 0 heterocycles. The normalized spacial score (nSPS) is 12.1. The summed E-state index contributed by atoms with van der Waals surface area (Å²) < 4.78 is 5.17. The van der Waals surface area contributed by atoms with Gasteiger partial charge in [-0.3, -0.25) is 0 Å². The number of ether oxygens (including phenoxy) is 1. The quantitative estimate of drug-likeness (QED) is 0.614. The monoisotopic (exact) mass is 357 g/mol. The molecular formula is C16H24ClN3O2S. The van der Waals surface area contributed by atoms with Crippen molar-refractivity contribution in [1.82, 2.24) is 5.32 Å². The van der Waals surface area contributed by atoms with Crippen LogP contribution in [0.15, 0.2) is 23.2 Å². The lowest BCUT2D eigenvalue weighted by molar-refractivity contribution is 0.0528. The van der Waals surface area contributed by atoms with Crippen molar-refractivity contribution in [2.45, 2.75) is 39.7 Å². The van der Waals surface area contributed by atoms with Gasteiger partial charge in [-0.15, -0.1) is 0 Å². The molecule has 1 rings (SSSR count). The van der Waals surface area contributed by atoms with Crippen molar-refractivity contribution < 1.29 is 9.53 Å². The summed E-state index contributed by atoms with van der Waals surface area (Å²) in [7, 11) is 0. The van der Waals surface area contributed by atoms with E-state index in [0.29, 0.717) is 23.2 Å². The Morgan fingerprint density at radius 1 is 1.43 bits per heavy atom. The van der Waals surface area contributed by atoms with Gasteiger partial charge in [0, 0.05) is 11.6 Å². The first-order valence-corrected chi connectivity index (χ1v) is 8.80. The van der Waals surface area contributed by atoms with Crippen LogP contribution in [0.25, 0.3) is 0 Å². The lowest BCUT2D eigenvalue weighted by Gasteiger charge is -2.19. The Bertz CT molecular complexity index is 571. The minimum absolute atomic E-state index is 0.431. The molecule has 1 amide bonds. The van der Waals surface area contributed by atoms with E-state index in [1.807, 2.05) is 39.8 Å². The molecule has 0 spiro atoms. The van der Waals surface area contributed by atoms with Crippen LogP contribution in [0.2, 0.25) is 5.02 Å². The average Bonchev–Trinajstić information content (AvgIpc) is 2.39. The van der Waals surface area contributed by atoms with Crippen LogP contribution >= 0.6 is 23.4 Å². The van der Waals surface area contributed by atoms with Gasteiger partial charge in [0.1, 0.15) is 5.60 Å². The van der Waals surface area contributed by atoms with Gasteiger partial charge in [-0.2, -0.15) is 0 Å². The maximum Gasteiger partial charge on any atom is 0.407 e. The maximum absolute atomic E-state index is 11.6. The van der Waals surface area contributed by atoms with Gasteiger partial charge in [-0.1, -0.05) is 36.4 Å². The van der Waals surface area contributed by atoms with Crippen LogP contribution in [0.1, 0.15) is 33.3 Å². The molecule has 1 aromatic rings. The van der Waals surface area contributed by atoms with Crippen molar-refractivity contribution in [3.63, 3.8) is 0 Å². The fourth-order valence-corrected chi connectivity index (χ4v) is 2.46. The zero-order valence-corrected chi connectivity index (χ0v) is 15.6. The second kappa shape index (κ2) is 9.03. The molecule has 0 aliphatic heterocycles. The first-order chi connectivity index (χ1) is 10.7. The van der Waals surface area contributed by atoms with E-state index in [1.165, 1.54) is 11.8 Å². The van der Waals surface area contributed by atoms with Crippen molar-refractivity contribution in [1.29, 1.82) is 0 Å². The molecular weight excluding hydrogens is 334 g/mol. The number of carbonyl (C=O) groups is 1. The number of thioether (sulfide) groups is 1. The largest absolute Gasteiger partial charge is 0.444 e. The smallest absolute Gasteiger partial charge is 0.407 e. The Balaban J connectivity index is 2.56. The molecule has 0 aromatic heterocycles. The van der Waals surface area contributed by atoms with Crippen LogP contribution in [-0.2, 0) is 11.2 Å². The highest BCUT2D eigenvalue weighted by atomic mass is 35.5. The number of carbonyl (C=O) groups excluding carboxylic acids is 1. The summed E-state index contributed by atoms with van der Waals surface area (Å²) in [5.74, 6) is 0.873. The molecule has 0 atom stereocenters. The molecule has 0 fully saturated rings. The Hall–Kier alpha value is -1.40. The maximum atomic E-state index is 11.6. The van der Waals surface area contributed by atoms with Crippen LogP contribution in [0.4, 0.5) is 10.5 Å². The molecule has 0 radical (unpaired) electrons. The van der Waals surface area contributed by atoms with Crippen LogP contribution in [0.3, 0.4) is 0 Å². The zero-order chi connectivity index (χ0) is 17.5. The van der Waals surface area contributed by atoms with E-state index in [0.717, 1.165) is 17.0 Å². The lowest BCUT2D eigenvalue weighted by Crippen LogP contribution is -2.33. The molecule has 0 aliphatic rings. The molecule has 5 nitrogen and oxygen atoms in total. The van der Waals surface area contributed by atoms with Crippen LogP contribution in [0.5, 0.6) is 0 Å². The number of hydrogen-bond donors (Lipinski definition) is 2. The summed E-state index contributed by atoms with van der Waals surface area (Å²) in [6.07, 6.45) is 0.181. The Morgan fingerprint density at radius 2 is 2.13 bits per heavy atom. The molecule has 0 saturated carbocycles. The van der Waals surface area contributed by atoms with Gasteiger partial charge in [-0.25, -0.2) is 9.79 Å². The number of amidine groups is 1. The third-order valence-corrected chi connectivity index (χ3v) is 3.66. The molecule has 0 unspecified atom stereocenters. The van der Waals surface area contributed by atoms with E-state index in [1.54, 1.807) is 6.07 Å². The minimum atomic E-state index is -0.502. The van der Waals surface area contributed by atoms with Crippen LogP contribution in [-0.4, -0.2) is 29.2 Å². The molecule has 128 valence electrons. The van der Waals surface area contributed by atoms with E-state index < -0.39 is 11.7 Å². The Kier molecular flexibility index (Phi) is 7.72. The fourth-order valence-electron chi connectivity index (χ4n) is 1.73. The van der Waals surface area contributed by atoms with Gasteiger partial charge < -0.3 is 15.8 Å². The second-order valence-corrected chi connectivity index (χ2v) is 7.53. The number of aliphatic imine (C=N–C) groups is 1. The minimum Gasteiger partial charge on any atom is -0.444 e. The van der Waals surface area contributed by atoms with E-state index in [9.17, 15) is 4.79 Å². The number of rotatable bonds is 5. The van der Waals surface area contributed by atoms with Gasteiger partial charge in [0.25, 0.3) is 0 Å². The number of halogens is 1. The van der Waals surface area contributed by atoms with Crippen molar-refractivity contribution in [3.8, 4) is 0 Å². The highest BCUT2D eigenvalue weighted by Crippen LogP contribution is 2.24. The van der Waals surface area contributed by atoms with Gasteiger partial charge >= 0.3 is 6.09 Å². The summed E-state index contributed by atoms with van der Waals surface area (Å²) in [4.78, 5) is 15.9. The molecule has 3 N–H and O–H groups in total. The number of alkyl carbamates (subject to hydrolysis) is 1. The van der Waals surface area contributed by atoms with Crippen molar-refractivity contribution in [2.24, 2.45) is 10.7 Å². The Labute approximate surface area is 147 Å². The second-order valence-electron chi connectivity index (χ2n) is 5.84. The highest BCUT2D eigenvalue weighted by Gasteiger charge is 2.15. The fraction of sp³-hybridized carbons (Fsp3) is 0.500. The molecule has 1 aromatic carbocycles. The van der Waals surface area contributed by atoms with Crippen LogP contribution in [0, 0.1) is 0 Å². The third-order valence-electron chi connectivity index (χ3n) is 2.63. The standard InChI is InChI=1S/C16H24ClN3O2S/c1-5-23-14(18)20-12-7-6-11(13(17)10-12)8-9-19-15(21)22-16(2,3)4/h6-7,10H,5,8-9H2,1-4H3,(H2,18,20)(H,19,21). The summed E-state index contributed by atoms with van der Waals surface area (Å²) in [5, 5.41) is 3.83. The number of benzene rings is 1. The first kappa shape index (κ1) is 19.6. The molecule has 7 heteroatoms. The van der Waals surface area contributed by atoms with Gasteiger partial charge in [-0.05, 0) is 50.6 Å². The Morgan fingerprint density at radius 3 is 2.70 bits per heavy atom. The van der Waals surface area contributed by atoms with Crippen LogP contribution < -0.4 is 11.1 Å². The lowest BCUT2D eigenvalue weighted by atomic mass is 10.1. The van der Waals surface area contributed by atoms with Crippen molar-refractivity contribution in [2.75, 3.05) is 12.3 Å². The third kappa shape index (κ3) is 8.13. The molecule has 0 saturated heterocycles. The molecule has 0 bridgehead atoms. The summed E-state index contributed by atoms with van der Waals surface area (Å²) >= 11 is 7.73. The van der Waals surface area contributed by atoms with E-state index in [2.05, 4.69) is 10.3 Å². The van der Waals surface area contributed by atoms with E-state index in [4.69, 9.17) is 22.1 Å². The molecule has 0 aliphatic carbocycles. The highest BCUT2D eigenvalue weighted by molar-refractivity contribution is 8.13. The van der Waals surface area contributed by atoms with Gasteiger partial charge in [0.15, 0.2) is 5.17 Å². The number of nitrogens with zero attached hydrogens (tertiary/aromatic N) is 1. The predicted molar refractivity (Wildman–Crippen MR) is 98.8 cm³/mol. The predicted octanol–water partition coefficient (Wildman–Crippen LogP) is 4.11. The van der Waals surface area contributed by atoms with Crippen molar-refractivity contribution in [3.05, 3.63) is 28.8 Å². The van der Waals surface area contributed by atoms with E-state index >= 15 is 0 Å². The number of hydrogen-bond acceptors (Lipinski definition) is 4. The molecule has 23 heavy (non-hydrogen) atoms. The SMILES string of the molecule is CCSC(N)=Nc1ccc(CCNC(=O)OC(C)(C)C)c(Cl)c1. The van der Waals surface area contributed by atoms with E-state index in [-0.39, 0.29) is 0 Å². The first-order valence-electron chi connectivity index (χ1n) is 7.43. The van der Waals surface area contributed by atoms with Crippen molar-refractivity contribution >= 4 is 40.3 Å². The summed E-state index contributed by atoms with van der Waals surface area (Å²) in [6, 6.07) is 5.52.